The molecule has 2 saturated heterocycles. The number of hydrogen-bond acceptors (Lipinski definition) is 8. The molecule has 2 aliphatic rings. The van der Waals surface area contributed by atoms with Gasteiger partial charge in [-0.1, -0.05) is 30.3 Å². The number of hydrogen-bond donors (Lipinski definition) is 4. The summed E-state index contributed by atoms with van der Waals surface area (Å²) in [7, 11) is 0. The summed E-state index contributed by atoms with van der Waals surface area (Å²) in [6, 6.07) is 9.37. The molecule has 2 fully saturated rings. The molecule has 138 valence electrons. The Kier molecular flexibility index (Phi) is 5.67. The standard InChI is InChI=1S/C17H22O8/c18-7-11-13(19)14(20)15(21)17(24-11)25-12-8-23-16(22)10(12)6-9-4-2-1-3-5-9/h1-5,10-15,17-21H,6-8H2/t10?,11-,12+,13-,14+,15-,17?/m1/s1. The molecular formula is C17H22O8. The number of ether oxygens (including phenoxy) is 3. The van der Waals surface area contributed by atoms with Crippen molar-refractivity contribution in [3.63, 3.8) is 0 Å². The lowest BCUT2D eigenvalue weighted by atomic mass is 9.95. The summed E-state index contributed by atoms with van der Waals surface area (Å²) in [4.78, 5) is 12.0. The van der Waals surface area contributed by atoms with Crippen LogP contribution in [0.25, 0.3) is 0 Å². The van der Waals surface area contributed by atoms with E-state index in [4.69, 9.17) is 14.2 Å². The zero-order valence-corrected chi connectivity index (χ0v) is 13.5. The first-order chi connectivity index (χ1) is 12.0. The summed E-state index contributed by atoms with van der Waals surface area (Å²) in [6.07, 6.45) is -7.10. The molecule has 3 rings (SSSR count). The number of rotatable bonds is 5. The molecule has 8 heteroatoms. The Morgan fingerprint density at radius 1 is 1.08 bits per heavy atom. The molecule has 0 aromatic heterocycles. The zero-order valence-electron chi connectivity index (χ0n) is 13.5. The molecule has 8 nitrogen and oxygen atoms in total. The smallest absolute Gasteiger partial charge is 0.312 e. The number of esters is 1. The van der Waals surface area contributed by atoms with Gasteiger partial charge in [0.05, 0.1) is 12.5 Å². The van der Waals surface area contributed by atoms with E-state index in [1.165, 1.54) is 0 Å². The van der Waals surface area contributed by atoms with E-state index in [1.807, 2.05) is 30.3 Å². The molecule has 0 aliphatic carbocycles. The molecule has 0 amide bonds. The molecule has 2 unspecified atom stereocenters. The van der Waals surface area contributed by atoms with Crippen LogP contribution in [0.4, 0.5) is 0 Å². The fraction of sp³-hybridized carbons (Fsp3) is 0.588. The Bertz CT molecular complexity index is 577. The molecule has 7 atom stereocenters. The van der Waals surface area contributed by atoms with Crippen molar-refractivity contribution < 1.29 is 39.4 Å². The van der Waals surface area contributed by atoms with Crippen LogP contribution in [-0.2, 0) is 25.4 Å². The van der Waals surface area contributed by atoms with Gasteiger partial charge in [0.2, 0.25) is 0 Å². The number of aliphatic hydroxyl groups excluding tert-OH is 4. The second kappa shape index (κ2) is 7.77. The lowest BCUT2D eigenvalue weighted by Gasteiger charge is -2.40. The highest BCUT2D eigenvalue weighted by Crippen LogP contribution is 2.28. The Labute approximate surface area is 144 Å². The first-order valence-electron chi connectivity index (χ1n) is 8.17. The Balaban J connectivity index is 1.69. The van der Waals surface area contributed by atoms with Gasteiger partial charge in [0.1, 0.15) is 37.1 Å². The van der Waals surface area contributed by atoms with Gasteiger partial charge >= 0.3 is 5.97 Å². The van der Waals surface area contributed by atoms with E-state index >= 15 is 0 Å². The zero-order chi connectivity index (χ0) is 18.0. The van der Waals surface area contributed by atoms with E-state index in [2.05, 4.69) is 0 Å². The lowest BCUT2D eigenvalue weighted by molar-refractivity contribution is -0.313. The van der Waals surface area contributed by atoms with Gasteiger partial charge in [-0.3, -0.25) is 4.79 Å². The van der Waals surface area contributed by atoms with Crippen LogP contribution in [0.5, 0.6) is 0 Å². The Hall–Kier alpha value is -1.55. The molecule has 2 aliphatic heterocycles. The first kappa shape index (κ1) is 18.2. The maximum absolute atomic E-state index is 12.0. The third-order valence-corrected chi connectivity index (χ3v) is 4.60. The third-order valence-electron chi connectivity index (χ3n) is 4.60. The fourth-order valence-electron chi connectivity index (χ4n) is 3.11. The predicted molar refractivity (Wildman–Crippen MR) is 83.2 cm³/mol. The number of carbonyl (C=O) groups excluding carboxylic acids is 1. The molecular weight excluding hydrogens is 332 g/mol. The van der Waals surface area contributed by atoms with E-state index in [9.17, 15) is 25.2 Å². The largest absolute Gasteiger partial charge is 0.463 e. The van der Waals surface area contributed by atoms with E-state index in [0.29, 0.717) is 6.42 Å². The quantitative estimate of drug-likeness (QED) is 0.475. The molecule has 0 bridgehead atoms. The topological polar surface area (TPSA) is 126 Å². The predicted octanol–water partition coefficient (Wildman–Crippen LogP) is -1.41. The van der Waals surface area contributed by atoms with Crippen LogP contribution in [-0.4, -0.2) is 76.4 Å². The second-order valence-corrected chi connectivity index (χ2v) is 6.30. The number of aliphatic hydroxyl groups is 4. The van der Waals surface area contributed by atoms with Crippen LogP contribution in [0.2, 0.25) is 0 Å². The summed E-state index contributed by atoms with van der Waals surface area (Å²) >= 11 is 0. The Morgan fingerprint density at radius 3 is 2.48 bits per heavy atom. The molecule has 1 aromatic rings. The van der Waals surface area contributed by atoms with Crippen molar-refractivity contribution in [1.29, 1.82) is 0 Å². The Morgan fingerprint density at radius 2 is 1.80 bits per heavy atom. The summed E-state index contributed by atoms with van der Waals surface area (Å²) in [6.45, 7) is -0.538. The van der Waals surface area contributed by atoms with E-state index in [0.717, 1.165) is 5.56 Å². The van der Waals surface area contributed by atoms with E-state index < -0.39 is 55.3 Å². The molecule has 0 saturated carbocycles. The molecule has 25 heavy (non-hydrogen) atoms. The first-order valence-corrected chi connectivity index (χ1v) is 8.17. The van der Waals surface area contributed by atoms with Crippen molar-refractivity contribution in [3.05, 3.63) is 35.9 Å². The van der Waals surface area contributed by atoms with Crippen molar-refractivity contribution in [1.82, 2.24) is 0 Å². The summed E-state index contributed by atoms with van der Waals surface area (Å²) in [5.41, 5.74) is 0.939. The van der Waals surface area contributed by atoms with Crippen LogP contribution in [0.15, 0.2) is 30.3 Å². The maximum atomic E-state index is 12.0. The van der Waals surface area contributed by atoms with Crippen LogP contribution >= 0.6 is 0 Å². The van der Waals surface area contributed by atoms with Crippen molar-refractivity contribution in [2.75, 3.05) is 13.2 Å². The normalized spacial score (nSPS) is 38.6. The third kappa shape index (κ3) is 3.84. The van der Waals surface area contributed by atoms with Gasteiger partial charge in [-0.25, -0.2) is 0 Å². The van der Waals surface area contributed by atoms with Gasteiger partial charge in [-0.15, -0.1) is 0 Å². The number of benzene rings is 1. The number of carbonyl (C=O) groups is 1. The summed E-state index contributed by atoms with van der Waals surface area (Å²) in [5, 5.41) is 38.9. The van der Waals surface area contributed by atoms with Gasteiger partial charge in [-0.05, 0) is 12.0 Å². The minimum Gasteiger partial charge on any atom is -0.463 e. The molecule has 0 radical (unpaired) electrons. The van der Waals surface area contributed by atoms with Crippen molar-refractivity contribution >= 4 is 5.97 Å². The van der Waals surface area contributed by atoms with Crippen molar-refractivity contribution in [2.24, 2.45) is 5.92 Å². The van der Waals surface area contributed by atoms with Gasteiger partial charge in [0.25, 0.3) is 0 Å². The van der Waals surface area contributed by atoms with Gasteiger partial charge in [0, 0.05) is 0 Å². The average molecular weight is 354 g/mol. The fourth-order valence-corrected chi connectivity index (χ4v) is 3.11. The van der Waals surface area contributed by atoms with Crippen LogP contribution in [0, 0.1) is 5.92 Å². The van der Waals surface area contributed by atoms with Crippen LogP contribution in [0.3, 0.4) is 0 Å². The molecule has 0 spiro atoms. The summed E-state index contributed by atoms with van der Waals surface area (Å²) < 4.78 is 16.1. The molecule has 1 aromatic carbocycles. The van der Waals surface area contributed by atoms with Gasteiger partial charge < -0.3 is 34.6 Å². The van der Waals surface area contributed by atoms with Crippen molar-refractivity contribution in [2.45, 2.75) is 43.2 Å². The maximum Gasteiger partial charge on any atom is 0.312 e. The second-order valence-electron chi connectivity index (χ2n) is 6.30. The van der Waals surface area contributed by atoms with Gasteiger partial charge in [-0.2, -0.15) is 0 Å². The monoisotopic (exact) mass is 354 g/mol. The lowest BCUT2D eigenvalue weighted by Crippen LogP contribution is -2.60. The average Bonchev–Trinajstić information content (AvgIpc) is 2.96. The number of cyclic esters (lactones) is 1. The highest BCUT2D eigenvalue weighted by molar-refractivity contribution is 5.75. The molecule has 4 N–H and O–H groups in total. The highest BCUT2D eigenvalue weighted by atomic mass is 16.7. The minimum absolute atomic E-state index is 0.00531. The molecule has 2 heterocycles. The highest BCUT2D eigenvalue weighted by Gasteiger charge is 2.47. The SMILES string of the molecule is O=C1OC[C@H](OC2O[C@H](CO)[C@@H](O)[C@H](O)[C@H]2O)C1Cc1ccccc1. The van der Waals surface area contributed by atoms with Crippen molar-refractivity contribution in [3.8, 4) is 0 Å². The minimum atomic E-state index is -1.53. The van der Waals surface area contributed by atoms with Crippen LogP contribution < -0.4 is 0 Å². The summed E-state index contributed by atoms with van der Waals surface area (Å²) in [5.74, 6) is -0.979. The van der Waals surface area contributed by atoms with Gasteiger partial charge in [0.15, 0.2) is 6.29 Å². The van der Waals surface area contributed by atoms with E-state index in [1.54, 1.807) is 0 Å². The van der Waals surface area contributed by atoms with Crippen LogP contribution in [0.1, 0.15) is 5.56 Å². The van der Waals surface area contributed by atoms with E-state index in [-0.39, 0.29) is 6.61 Å².